The number of guanidine groups is 1. The number of likely N-dealkylation sites (tertiary alicyclic amines) is 1. The molecule has 2 atom stereocenters. The third kappa shape index (κ3) is 5.57. The summed E-state index contributed by atoms with van der Waals surface area (Å²) in [6.45, 7) is 13.1. The van der Waals surface area contributed by atoms with Crippen molar-refractivity contribution < 1.29 is 4.74 Å². The van der Waals surface area contributed by atoms with Crippen LogP contribution >= 0.6 is 24.0 Å². The van der Waals surface area contributed by atoms with E-state index in [9.17, 15) is 0 Å². The zero-order chi connectivity index (χ0) is 17.6. The molecule has 2 aliphatic heterocycles. The second-order valence-corrected chi connectivity index (χ2v) is 7.43. The van der Waals surface area contributed by atoms with Crippen molar-refractivity contribution in [3.8, 4) is 0 Å². The fraction of sp³-hybridized carbons (Fsp3) is 0.650. The number of hydrogen-bond acceptors (Lipinski definition) is 3. The van der Waals surface area contributed by atoms with E-state index in [4.69, 9.17) is 9.73 Å². The standard InChI is InChI=1S/C20H32N4O.HI/c1-4-21-20(22-12-16(2)3)24-14-18-19(15-24)25-11-10-23(18)13-17-8-6-5-7-9-17;/h5-9,16,18-19H,4,10-15H2,1-3H3,(H,21,22);1H. The molecular formula is C20H33IN4O. The van der Waals surface area contributed by atoms with Gasteiger partial charge in [-0.05, 0) is 18.4 Å². The molecule has 0 aromatic heterocycles. The number of nitrogens with zero attached hydrogens (tertiary/aromatic N) is 3. The van der Waals surface area contributed by atoms with Crippen molar-refractivity contribution in [1.82, 2.24) is 15.1 Å². The molecule has 1 N–H and O–H groups in total. The van der Waals surface area contributed by atoms with Crippen molar-refractivity contribution in [2.24, 2.45) is 10.9 Å². The largest absolute Gasteiger partial charge is 0.373 e. The second-order valence-electron chi connectivity index (χ2n) is 7.43. The Morgan fingerprint density at radius 3 is 2.73 bits per heavy atom. The summed E-state index contributed by atoms with van der Waals surface area (Å²) in [5, 5.41) is 3.46. The number of fused-ring (bicyclic) bond motifs is 1. The molecular weight excluding hydrogens is 439 g/mol. The van der Waals surface area contributed by atoms with E-state index >= 15 is 0 Å². The third-order valence-corrected chi connectivity index (χ3v) is 4.89. The minimum Gasteiger partial charge on any atom is -0.373 e. The number of hydrogen-bond donors (Lipinski definition) is 1. The van der Waals surface area contributed by atoms with Gasteiger partial charge in [-0.25, -0.2) is 0 Å². The Bertz CT molecular complexity index is 566. The molecule has 2 aliphatic rings. The number of morpholine rings is 1. The molecule has 146 valence electrons. The van der Waals surface area contributed by atoms with Gasteiger partial charge in [-0.2, -0.15) is 0 Å². The molecule has 0 bridgehead atoms. The molecule has 2 fully saturated rings. The predicted octanol–water partition coefficient (Wildman–Crippen LogP) is 2.81. The minimum absolute atomic E-state index is 0. The van der Waals surface area contributed by atoms with Crippen LogP contribution < -0.4 is 5.32 Å². The molecule has 0 radical (unpaired) electrons. The summed E-state index contributed by atoms with van der Waals surface area (Å²) in [5.74, 6) is 1.61. The van der Waals surface area contributed by atoms with Crippen molar-refractivity contribution >= 4 is 29.9 Å². The molecule has 3 rings (SSSR count). The van der Waals surface area contributed by atoms with E-state index in [-0.39, 0.29) is 30.1 Å². The normalized spacial score (nSPS) is 23.7. The van der Waals surface area contributed by atoms with Crippen LogP contribution in [0.5, 0.6) is 0 Å². The molecule has 0 spiro atoms. The molecule has 6 heteroatoms. The number of ether oxygens (including phenoxy) is 1. The SMILES string of the molecule is CCNC(=NCC(C)C)N1CC2OCCN(Cc3ccccc3)C2C1.I. The highest BCUT2D eigenvalue weighted by atomic mass is 127. The Labute approximate surface area is 175 Å². The average molecular weight is 472 g/mol. The summed E-state index contributed by atoms with van der Waals surface area (Å²) in [4.78, 5) is 9.78. The lowest BCUT2D eigenvalue weighted by atomic mass is 10.1. The van der Waals surface area contributed by atoms with Crippen LogP contribution in [0.15, 0.2) is 35.3 Å². The van der Waals surface area contributed by atoms with E-state index in [0.29, 0.717) is 12.0 Å². The topological polar surface area (TPSA) is 40.1 Å². The lowest BCUT2D eigenvalue weighted by Crippen LogP contribution is -2.50. The van der Waals surface area contributed by atoms with Gasteiger partial charge in [-0.15, -0.1) is 24.0 Å². The van der Waals surface area contributed by atoms with E-state index in [1.54, 1.807) is 0 Å². The van der Waals surface area contributed by atoms with Crippen molar-refractivity contribution in [1.29, 1.82) is 0 Å². The van der Waals surface area contributed by atoms with Crippen LogP contribution in [-0.2, 0) is 11.3 Å². The van der Waals surface area contributed by atoms with Gasteiger partial charge in [0, 0.05) is 39.3 Å². The van der Waals surface area contributed by atoms with Gasteiger partial charge >= 0.3 is 0 Å². The number of benzene rings is 1. The smallest absolute Gasteiger partial charge is 0.194 e. The summed E-state index contributed by atoms with van der Waals surface area (Å²) in [6, 6.07) is 11.2. The average Bonchev–Trinajstić information content (AvgIpc) is 3.04. The van der Waals surface area contributed by atoms with E-state index < -0.39 is 0 Å². The van der Waals surface area contributed by atoms with Crippen LogP contribution in [-0.4, -0.2) is 67.2 Å². The number of aliphatic imine (C=N–C) groups is 1. The van der Waals surface area contributed by atoms with Gasteiger partial charge < -0.3 is 15.0 Å². The Hall–Kier alpha value is -0.860. The quantitative estimate of drug-likeness (QED) is 0.407. The number of nitrogens with one attached hydrogen (secondary N) is 1. The van der Waals surface area contributed by atoms with Crippen molar-refractivity contribution in [3.05, 3.63) is 35.9 Å². The Morgan fingerprint density at radius 2 is 2.04 bits per heavy atom. The highest BCUT2D eigenvalue weighted by Crippen LogP contribution is 2.24. The Morgan fingerprint density at radius 1 is 1.27 bits per heavy atom. The molecule has 2 unspecified atom stereocenters. The summed E-state index contributed by atoms with van der Waals surface area (Å²) >= 11 is 0. The van der Waals surface area contributed by atoms with E-state index in [1.807, 2.05) is 0 Å². The van der Waals surface area contributed by atoms with Crippen molar-refractivity contribution in [2.75, 3.05) is 39.3 Å². The van der Waals surface area contributed by atoms with Crippen LogP contribution in [0.1, 0.15) is 26.3 Å². The fourth-order valence-electron chi connectivity index (χ4n) is 3.64. The van der Waals surface area contributed by atoms with Crippen LogP contribution in [0.3, 0.4) is 0 Å². The molecule has 2 saturated heterocycles. The summed E-state index contributed by atoms with van der Waals surface area (Å²) in [6.07, 6.45) is 0.278. The van der Waals surface area contributed by atoms with Gasteiger partial charge in [0.05, 0.1) is 18.8 Å². The highest BCUT2D eigenvalue weighted by molar-refractivity contribution is 14.0. The number of halogens is 1. The maximum atomic E-state index is 6.09. The van der Waals surface area contributed by atoms with Crippen LogP contribution in [0.25, 0.3) is 0 Å². The molecule has 1 aromatic carbocycles. The molecule has 1 aromatic rings. The molecule has 0 amide bonds. The second kappa shape index (κ2) is 10.5. The van der Waals surface area contributed by atoms with Crippen LogP contribution in [0.2, 0.25) is 0 Å². The fourth-order valence-corrected chi connectivity index (χ4v) is 3.64. The summed E-state index contributed by atoms with van der Waals surface area (Å²) < 4.78 is 6.09. The predicted molar refractivity (Wildman–Crippen MR) is 118 cm³/mol. The van der Waals surface area contributed by atoms with Gasteiger partial charge in [0.2, 0.25) is 0 Å². The Kier molecular flexibility index (Phi) is 8.63. The lowest BCUT2D eigenvalue weighted by Gasteiger charge is -2.36. The highest BCUT2D eigenvalue weighted by Gasteiger charge is 2.41. The van der Waals surface area contributed by atoms with Gasteiger partial charge in [0.15, 0.2) is 5.96 Å². The van der Waals surface area contributed by atoms with Gasteiger partial charge in [0.1, 0.15) is 0 Å². The van der Waals surface area contributed by atoms with Crippen LogP contribution in [0, 0.1) is 5.92 Å². The van der Waals surface area contributed by atoms with Gasteiger partial charge in [-0.1, -0.05) is 44.2 Å². The lowest BCUT2D eigenvalue weighted by molar-refractivity contribution is -0.0502. The van der Waals surface area contributed by atoms with Crippen LogP contribution in [0.4, 0.5) is 0 Å². The molecule has 5 nitrogen and oxygen atoms in total. The van der Waals surface area contributed by atoms with Crippen molar-refractivity contribution in [3.63, 3.8) is 0 Å². The molecule has 26 heavy (non-hydrogen) atoms. The first-order chi connectivity index (χ1) is 12.2. The van der Waals surface area contributed by atoms with E-state index in [2.05, 4.69) is 66.2 Å². The van der Waals surface area contributed by atoms with E-state index in [1.165, 1.54) is 5.56 Å². The van der Waals surface area contributed by atoms with Gasteiger partial charge in [0.25, 0.3) is 0 Å². The number of rotatable bonds is 5. The zero-order valence-corrected chi connectivity index (χ0v) is 18.6. The summed E-state index contributed by atoms with van der Waals surface area (Å²) in [5.41, 5.74) is 1.38. The molecule has 2 heterocycles. The summed E-state index contributed by atoms with van der Waals surface area (Å²) in [7, 11) is 0. The maximum Gasteiger partial charge on any atom is 0.194 e. The third-order valence-electron chi connectivity index (χ3n) is 4.89. The first kappa shape index (κ1) is 21.4. The molecule has 0 saturated carbocycles. The molecule has 0 aliphatic carbocycles. The first-order valence-corrected chi connectivity index (χ1v) is 9.60. The maximum absolute atomic E-state index is 6.09. The van der Waals surface area contributed by atoms with Crippen molar-refractivity contribution in [2.45, 2.75) is 39.5 Å². The Balaban J connectivity index is 0.00000243. The minimum atomic E-state index is 0. The zero-order valence-electron chi connectivity index (χ0n) is 16.2. The first-order valence-electron chi connectivity index (χ1n) is 9.60. The monoisotopic (exact) mass is 472 g/mol. The van der Waals surface area contributed by atoms with E-state index in [0.717, 1.165) is 51.8 Å². The van der Waals surface area contributed by atoms with Gasteiger partial charge in [-0.3, -0.25) is 9.89 Å².